The molecule has 28 heavy (non-hydrogen) atoms. The molecular weight excluding hydrogens is 398 g/mol. The van der Waals surface area contributed by atoms with Crippen LogP contribution in [0.5, 0.6) is 5.75 Å². The van der Waals surface area contributed by atoms with Crippen molar-refractivity contribution in [3.63, 3.8) is 0 Å². The first-order valence-corrected chi connectivity index (χ1v) is 9.78. The van der Waals surface area contributed by atoms with E-state index in [1.54, 1.807) is 10.6 Å². The Kier molecular flexibility index (Phi) is 6.56. The van der Waals surface area contributed by atoms with Gasteiger partial charge >= 0.3 is 0 Å². The molecular formula is C18H19N5O3S2. The molecule has 0 bridgehead atoms. The van der Waals surface area contributed by atoms with Crippen LogP contribution >= 0.6 is 23.6 Å². The molecule has 1 aromatic carbocycles. The first-order valence-electron chi connectivity index (χ1n) is 8.49. The zero-order valence-electron chi connectivity index (χ0n) is 15.1. The number of ether oxygens (including phenoxy) is 1. The van der Waals surface area contributed by atoms with Crippen LogP contribution in [0.15, 0.2) is 41.8 Å². The second kappa shape index (κ2) is 9.29. The highest BCUT2D eigenvalue weighted by atomic mass is 32.1. The minimum atomic E-state index is -0.450. The van der Waals surface area contributed by atoms with Crippen molar-refractivity contribution < 1.29 is 14.3 Å². The molecule has 146 valence electrons. The standard InChI is InChI=1S/C18H19N5O3S2/c1-12-4-2-5-13(10-12)26-11-16(25)20-19-15(24)7-8-23-17(21-22-18(23)27)14-6-3-9-28-14/h2-6,9-10H,7-8,11H2,1H3,(H,19,24)(H,20,25)(H,22,27). The predicted molar refractivity (Wildman–Crippen MR) is 108 cm³/mol. The van der Waals surface area contributed by atoms with Gasteiger partial charge in [0.1, 0.15) is 5.75 Å². The van der Waals surface area contributed by atoms with Gasteiger partial charge in [-0.05, 0) is 48.3 Å². The van der Waals surface area contributed by atoms with Crippen LogP contribution in [-0.2, 0) is 16.1 Å². The zero-order valence-corrected chi connectivity index (χ0v) is 16.7. The summed E-state index contributed by atoms with van der Waals surface area (Å²) in [7, 11) is 0. The van der Waals surface area contributed by atoms with Gasteiger partial charge in [0, 0.05) is 13.0 Å². The Balaban J connectivity index is 1.44. The molecule has 2 heterocycles. The number of nitrogens with zero attached hydrogens (tertiary/aromatic N) is 2. The number of aromatic nitrogens is 3. The number of rotatable bonds is 7. The largest absolute Gasteiger partial charge is 0.484 e. The summed E-state index contributed by atoms with van der Waals surface area (Å²) in [6.07, 6.45) is 0.130. The van der Waals surface area contributed by atoms with Crippen LogP contribution in [0.2, 0.25) is 0 Å². The van der Waals surface area contributed by atoms with Crippen LogP contribution in [0.3, 0.4) is 0 Å². The molecule has 3 aromatic rings. The van der Waals surface area contributed by atoms with Crippen molar-refractivity contribution >= 4 is 35.4 Å². The van der Waals surface area contributed by atoms with Gasteiger partial charge in [0.05, 0.1) is 4.88 Å². The average Bonchev–Trinajstić information content (AvgIpc) is 3.33. The van der Waals surface area contributed by atoms with E-state index >= 15 is 0 Å². The second-order valence-electron chi connectivity index (χ2n) is 5.93. The lowest BCUT2D eigenvalue weighted by Crippen LogP contribution is -2.44. The van der Waals surface area contributed by atoms with Crippen LogP contribution < -0.4 is 15.6 Å². The summed E-state index contributed by atoms with van der Waals surface area (Å²) in [5, 5.41) is 8.89. The topological polar surface area (TPSA) is 101 Å². The fraction of sp³-hybridized carbons (Fsp3) is 0.222. The molecule has 10 heteroatoms. The van der Waals surface area contributed by atoms with Gasteiger partial charge in [0.15, 0.2) is 17.2 Å². The molecule has 0 aliphatic carbocycles. The summed E-state index contributed by atoms with van der Waals surface area (Å²) in [5.74, 6) is 0.485. The minimum Gasteiger partial charge on any atom is -0.484 e. The van der Waals surface area contributed by atoms with Crippen molar-refractivity contribution in [3.8, 4) is 16.5 Å². The lowest BCUT2D eigenvalue weighted by molar-refractivity contribution is -0.130. The molecule has 0 radical (unpaired) electrons. The van der Waals surface area contributed by atoms with Gasteiger partial charge in [-0.25, -0.2) is 0 Å². The smallest absolute Gasteiger partial charge is 0.276 e. The lowest BCUT2D eigenvalue weighted by Gasteiger charge is -2.10. The van der Waals surface area contributed by atoms with Crippen LogP contribution in [0, 0.1) is 11.7 Å². The Morgan fingerprint density at radius 1 is 1.25 bits per heavy atom. The number of benzene rings is 1. The van der Waals surface area contributed by atoms with Crippen LogP contribution in [-0.4, -0.2) is 33.2 Å². The van der Waals surface area contributed by atoms with Crippen molar-refractivity contribution in [1.82, 2.24) is 25.6 Å². The van der Waals surface area contributed by atoms with Gasteiger partial charge in [0.25, 0.3) is 5.91 Å². The number of hydrogen-bond acceptors (Lipinski definition) is 6. The quantitative estimate of drug-likeness (QED) is 0.405. The number of H-pyrrole nitrogens is 1. The molecule has 0 saturated carbocycles. The number of hydrazine groups is 1. The normalized spacial score (nSPS) is 10.5. The summed E-state index contributed by atoms with van der Waals surface area (Å²) >= 11 is 6.76. The minimum absolute atomic E-state index is 0.130. The van der Waals surface area contributed by atoms with E-state index in [1.807, 2.05) is 42.6 Å². The summed E-state index contributed by atoms with van der Waals surface area (Å²) < 4.78 is 7.57. The molecule has 8 nitrogen and oxygen atoms in total. The van der Waals surface area contributed by atoms with Gasteiger partial charge in [0.2, 0.25) is 5.91 Å². The van der Waals surface area contributed by atoms with Crippen molar-refractivity contribution in [3.05, 3.63) is 52.1 Å². The monoisotopic (exact) mass is 417 g/mol. The zero-order chi connectivity index (χ0) is 19.9. The maximum Gasteiger partial charge on any atom is 0.276 e. The van der Waals surface area contributed by atoms with E-state index in [-0.39, 0.29) is 18.9 Å². The van der Waals surface area contributed by atoms with Gasteiger partial charge in [-0.3, -0.25) is 30.1 Å². The number of thiophene rings is 1. The van der Waals surface area contributed by atoms with Crippen molar-refractivity contribution in [2.45, 2.75) is 19.9 Å². The van der Waals surface area contributed by atoms with E-state index in [9.17, 15) is 9.59 Å². The van der Waals surface area contributed by atoms with Gasteiger partial charge in [-0.15, -0.1) is 11.3 Å². The fourth-order valence-corrected chi connectivity index (χ4v) is 3.37. The van der Waals surface area contributed by atoms with Crippen molar-refractivity contribution in [2.75, 3.05) is 6.61 Å². The molecule has 3 rings (SSSR count). The summed E-state index contributed by atoms with van der Waals surface area (Å²) in [6, 6.07) is 11.2. The van der Waals surface area contributed by atoms with Crippen LogP contribution in [0.25, 0.3) is 10.7 Å². The van der Waals surface area contributed by atoms with Gasteiger partial charge in [-0.2, -0.15) is 5.10 Å². The SMILES string of the molecule is Cc1cccc(OCC(=O)NNC(=O)CCn2c(-c3cccs3)n[nH]c2=S)c1. The second-order valence-corrected chi connectivity index (χ2v) is 7.27. The molecule has 0 aliphatic rings. The molecule has 2 amide bonds. The number of carbonyl (C=O) groups excluding carboxylic acids is 2. The highest BCUT2D eigenvalue weighted by Crippen LogP contribution is 2.22. The molecule has 0 spiro atoms. The third kappa shape index (κ3) is 5.27. The molecule has 3 N–H and O–H groups in total. The summed E-state index contributed by atoms with van der Waals surface area (Å²) in [6.45, 7) is 2.08. The van der Waals surface area contributed by atoms with Gasteiger partial charge in [-0.1, -0.05) is 18.2 Å². The molecule has 0 atom stereocenters. The Morgan fingerprint density at radius 2 is 2.07 bits per heavy atom. The van der Waals surface area contributed by atoms with E-state index < -0.39 is 5.91 Å². The van der Waals surface area contributed by atoms with E-state index in [0.717, 1.165) is 10.4 Å². The average molecular weight is 418 g/mol. The first kappa shape index (κ1) is 19.8. The molecule has 0 fully saturated rings. The molecule has 0 saturated heterocycles. The number of carbonyl (C=O) groups is 2. The third-order valence-corrected chi connectivity index (χ3v) is 4.94. The van der Waals surface area contributed by atoms with Gasteiger partial charge < -0.3 is 4.74 Å². The molecule has 0 aliphatic heterocycles. The van der Waals surface area contributed by atoms with E-state index in [4.69, 9.17) is 17.0 Å². The first-order chi connectivity index (χ1) is 13.5. The Labute approximate surface area is 170 Å². The number of hydrogen-bond donors (Lipinski definition) is 3. The number of amides is 2. The van der Waals surface area contributed by atoms with E-state index in [0.29, 0.717) is 22.9 Å². The number of aromatic amines is 1. The maximum absolute atomic E-state index is 12.0. The summed E-state index contributed by atoms with van der Waals surface area (Å²) in [5.41, 5.74) is 5.74. The third-order valence-electron chi connectivity index (χ3n) is 3.76. The Morgan fingerprint density at radius 3 is 2.82 bits per heavy atom. The number of nitrogens with one attached hydrogen (secondary N) is 3. The highest BCUT2D eigenvalue weighted by molar-refractivity contribution is 7.71. The van der Waals surface area contributed by atoms with Crippen LogP contribution in [0.1, 0.15) is 12.0 Å². The maximum atomic E-state index is 12.0. The van der Waals surface area contributed by atoms with E-state index in [1.165, 1.54) is 11.3 Å². The Bertz CT molecular complexity index is 1010. The Hall–Kier alpha value is -2.98. The van der Waals surface area contributed by atoms with Crippen molar-refractivity contribution in [1.29, 1.82) is 0 Å². The van der Waals surface area contributed by atoms with Crippen molar-refractivity contribution in [2.24, 2.45) is 0 Å². The highest BCUT2D eigenvalue weighted by Gasteiger charge is 2.12. The van der Waals surface area contributed by atoms with E-state index in [2.05, 4.69) is 21.0 Å². The summed E-state index contributed by atoms with van der Waals surface area (Å²) in [4.78, 5) is 24.8. The molecule has 0 unspecified atom stereocenters. The lowest BCUT2D eigenvalue weighted by atomic mass is 10.2. The van der Waals surface area contributed by atoms with Crippen LogP contribution in [0.4, 0.5) is 0 Å². The fourth-order valence-electron chi connectivity index (χ4n) is 2.42. The molecule has 2 aromatic heterocycles. The predicted octanol–water partition coefficient (Wildman–Crippen LogP) is 2.59. The number of aryl methyl sites for hydroxylation is 1.